The van der Waals surface area contributed by atoms with Crippen LogP contribution in [0.2, 0.25) is 0 Å². The van der Waals surface area contributed by atoms with Crippen LogP contribution < -0.4 is 5.43 Å². The Labute approximate surface area is 141 Å². The first kappa shape index (κ1) is 15.0. The van der Waals surface area contributed by atoms with Gasteiger partial charge in [-0.15, -0.1) is 0 Å². The molecule has 122 valence electrons. The molecule has 1 aliphatic heterocycles. The van der Waals surface area contributed by atoms with Gasteiger partial charge in [0.1, 0.15) is 0 Å². The molecule has 2 aromatic carbocycles. The van der Waals surface area contributed by atoms with Crippen LogP contribution in [0, 0.1) is 0 Å². The van der Waals surface area contributed by atoms with Crippen molar-refractivity contribution in [2.24, 2.45) is 0 Å². The quantitative estimate of drug-likeness (QED) is 0.797. The van der Waals surface area contributed by atoms with Gasteiger partial charge in [0.2, 0.25) is 0 Å². The number of nitrogens with one attached hydrogen (secondary N) is 1. The van der Waals surface area contributed by atoms with Gasteiger partial charge in [0.15, 0.2) is 0 Å². The van der Waals surface area contributed by atoms with E-state index in [1.54, 1.807) is 0 Å². The summed E-state index contributed by atoms with van der Waals surface area (Å²) in [6.07, 6.45) is 4.62. The molecule has 4 heteroatoms. The van der Waals surface area contributed by atoms with Crippen LogP contribution in [0.15, 0.2) is 60.8 Å². The third-order valence-electron chi connectivity index (χ3n) is 4.65. The number of para-hydroxylation sites is 1. The average Bonchev–Trinajstić information content (AvgIpc) is 3.25. The maximum absolute atomic E-state index is 12.5. The highest BCUT2D eigenvalue weighted by Gasteiger charge is 2.16. The highest BCUT2D eigenvalue weighted by molar-refractivity contribution is 6.01. The van der Waals surface area contributed by atoms with Crippen molar-refractivity contribution in [3.63, 3.8) is 0 Å². The second-order valence-corrected chi connectivity index (χ2v) is 6.33. The van der Waals surface area contributed by atoms with Crippen molar-refractivity contribution in [1.29, 1.82) is 0 Å². The summed E-state index contributed by atoms with van der Waals surface area (Å²) in [6.45, 7) is 3.26. The highest BCUT2D eigenvalue weighted by atomic mass is 16.2. The standard InChI is InChI=1S/C20H21N3O/c24-20(16-8-2-1-3-9-16)21-23-15-17(14-22-12-6-7-13-22)18-10-4-5-11-19(18)23/h1-5,8-11,15H,6-7,12-14H2,(H,21,24). The van der Waals surface area contributed by atoms with Crippen LogP contribution in [0.1, 0.15) is 28.8 Å². The van der Waals surface area contributed by atoms with E-state index in [4.69, 9.17) is 0 Å². The summed E-state index contributed by atoms with van der Waals surface area (Å²) in [6, 6.07) is 17.6. The molecule has 24 heavy (non-hydrogen) atoms. The summed E-state index contributed by atoms with van der Waals surface area (Å²) in [7, 11) is 0. The molecule has 1 aromatic heterocycles. The first-order chi connectivity index (χ1) is 11.8. The Bertz CT molecular complexity index is 848. The molecular formula is C20H21N3O. The summed E-state index contributed by atoms with van der Waals surface area (Å²) < 4.78 is 1.86. The lowest BCUT2D eigenvalue weighted by Gasteiger charge is -2.13. The summed E-state index contributed by atoms with van der Waals surface area (Å²) in [4.78, 5) is 14.9. The molecule has 0 saturated carbocycles. The Morgan fingerprint density at radius 3 is 2.46 bits per heavy atom. The second-order valence-electron chi connectivity index (χ2n) is 6.33. The summed E-state index contributed by atoms with van der Waals surface area (Å²) in [5.74, 6) is -0.0934. The third-order valence-corrected chi connectivity index (χ3v) is 4.65. The SMILES string of the molecule is O=C(Nn1cc(CN2CCCC2)c2ccccc21)c1ccccc1. The van der Waals surface area contributed by atoms with E-state index in [9.17, 15) is 4.79 Å². The van der Waals surface area contributed by atoms with Crippen molar-refractivity contribution in [3.8, 4) is 0 Å². The predicted octanol–water partition coefficient (Wildman–Crippen LogP) is 3.62. The van der Waals surface area contributed by atoms with Crippen molar-refractivity contribution >= 4 is 16.8 Å². The van der Waals surface area contributed by atoms with E-state index in [-0.39, 0.29) is 5.91 Å². The fourth-order valence-electron chi connectivity index (χ4n) is 3.41. The number of aromatic nitrogens is 1. The van der Waals surface area contributed by atoms with Crippen molar-refractivity contribution in [2.75, 3.05) is 18.5 Å². The van der Waals surface area contributed by atoms with Gasteiger partial charge in [-0.3, -0.25) is 19.8 Å². The lowest BCUT2D eigenvalue weighted by molar-refractivity contribution is 0.101. The van der Waals surface area contributed by atoms with Crippen LogP contribution in [0.3, 0.4) is 0 Å². The molecule has 1 amide bonds. The van der Waals surface area contributed by atoms with Crippen LogP contribution in [0.25, 0.3) is 10.9 Å². The monoisotopic (exact) mass is 319 g/mol. The molecule has 1 saturated heterocycles. The van der Waals surface area contributed by atoms with Gasteiger partial charge in [-0.05, 0) is 49.7 Å². The topological polar surface area (TPSA) is 37.3 Å². The largest absolute Gasteiger partial charge is 0.299 e. The number of hydrogen-bond donors (Lipinski definition) is 1. The molecule has 4 nitrogen and oxygen atoms in total. The molecule has 0 radical (unpaired) electrons. The molecule has 1 aliphatic rings. The number of hydrogen-bond acceptors (Lipinski definition) is 2. The van der Waals surface area contributed by atoms with Crippen LogP contribution >= 0.6 is 0 Å². The minimum absolute atomic E-state index is 0.0934. The van der Waals surface area contributed by atoms with Crippen molar-refractivity contribution < 1.29 is 4.79 Å². The van der Waals surface area contributed by atoms with Crippen LogP contribution in [-0.2, 0) is 6.54 Å². The number of carbonyl (C=O) groups is 1. The average molecular weight is 319 g/mol. The van der Waals surface area contributed by atoms with Gasteiger partial charge in [-0.25, -0.2) is 0 Å². The molecule has 0 atom stereocenters. The zero-order valence-corrected chi connectivity index (χ0v) is 13.6. The van der Waals surface area contributed by atoms with Crippen molar-refractivity contribution in [3.05, 3.63) is 71.9 Å². The number of amides is 1. The maximum Gasteiger partial charge on any atom is 0.270 e. The van der Waals surface area contributed by atoms with Gasteiger partial charge in [0, 0.05) is 23.7 Å². The number of benzene rings is 2. The number of fused-ring (bicyclic) bond motifs is 1. The van der Waals surface area contributed by atoms with E-state index in [0.717, 1.165) is 25.2 Å². The van der Waals surface area contributed by atoms with Crippen molar-refractivity contribution in [2.45, 2.75) is 19.4 Å². The fraction of sp³-hybridized carbons (Fsp3) is 0.250. The van der Waals surface area contributed by atoms with Gasteiger partial charge in [-0.1, -0.05) is 36.4 Å². The Morgan fingerprint density at radius 1 is 0.958 bits per heavy atom. The van der Waals surface area contributed by atoms with Crippen molar-refractivity contribution in [1.82, 2.24) is 9.58 Å². The Hall–Kier alpha value is -2.59. The second kappa shape index (κ2) is 6.49. The maximum atomic E-state index is 12.5. The summed E-state index contributed by atoms with van der Waals surface area (Å²) in [5.41, 5.74) is 5.97. The number of nitrogens with zero attached hydrogens (tertiary/aromatic N) is 2. The van der Waals surface area contributed by atoms with Gasteiger partial charge in [-0.2, -0.15) is 0 Å². The van der Waals surface area contributed by atoms with Crippen LogP contribution in [-0.4, -0.2) is 28.6 Å². The minimum Gasteiger partial charge on any atom is -0.299 e. The summed E-state index contributed by atoms with van der Waals surface area (Å²) in [5, 5.41) is 1.21. The molecule has 0 bridgehead atoms. The van der Waals surface area contributed by atoms with E-state index in [1.165, 1.54) is 23.8 Å². The Morgan fingerprint density at radius 2 is 1.67 bits per heavy atom. The van der Waals surface area contributed by atoms with E-state index in [2.05, 4.69) is 28.7 Å². The molecular weight excluding hydrogens is 298 g/mol. The van der Waals surface area contributed by atoms with E-state index < -0.39 is 0 Å². The zero-order valence-electron chi connectivity index (χ0n) is 13.6. The van der Waals surface area contributed by atoms with E-state index in [0.29, 0.717) is 5.56 Å². The zero-order chi connectivity index (χ0) is 16.4. The molecule has 4 rings (SSSR count). The van der Waals surface area contributed by atoms with Crippen LogP contribution in [0.4, 0.5) is 0 Å². The highest BCUT2D eigenvalue weighted by Crippen LogP contribution is 2.23. The van der Waals surface area contributed by atoms with Gasteiger partial charge < -0.3 is 0 Å². The van der Waals surface area contributed by atoms with Gasteiger partial charge >= 0.3 is 0 Å². The third kappa shape index (κ3) is 2.93. The molecule has 0 spiro atoms. The van der Waals surface area contributed by atoms with Crippen LogP contribution in [0.5, 0.6) is 0 Å². The Balaban J connectivity index is 1.64. The van der Waals surface area contributed by atoms with E-state index >= 15 is 0 Å². The molecule has 2 heterocycles. The minimum atomic E-state index is -0.0934. The predicted molar refractivity (Wildman–Crippen MR) is 96.6 cm³/mol. The number of likely N-dealkylation sites (tertiary alicyclic amines) is 1. The number of carbonyl (C=O) groups excluding carboxylic acids is 1. The lowest BCUT2D eigenvalue weighted by Crippen LogP contribution is -2.22. The first-order valence-corrected chi connectivity index (χ1v) is 8.49. The van der Waals surface area contributed by atoms with Gasteiger partial charge in [0.05, 0.1) is 5.52 Å². The molecule has 1 N–H and O–H groups in total. The lowest BCUT2D eigenvalue weighted by atomic mass is 10.1. The molecule has 0 unspecified atom stereocenters. The molecule has 3 aromatic rings. The molecule has 1 fully saturated rings. The summed E-state index contributed by atoms with van der Waals surface area (Å²) >= 11 is 0. The fourth-order valence-corrected chi connectivity index (χ4v) is 3.41. The normalized spacial score (nSPS) is 15.0. The van der Waals surface area contributed by atoms with E-state index in [1.807, 2.05) is 47.1 Å². The number of rotatable bonds is 4. The first-order valence-electron chi connectivity index (χ1n) is 8.49. The molecule has 0 aliphatic carbocycles. The Kier molecular flexibility index (Phi) is 4.05. The van der Waals surface area contributed by atoms with Gasteiger partial charge in [0.25, 0.3) is 5.91 Å². The smallest absolute Gasteiger partial charge is 0.270 e.